The van der Waals surface area contributed by atoms with Crippen LogP contribution in [0, 0.1) is 13.8 Å². The summed E-state index contributed by atoms with van der Waals surface area (Å²) in [5.74, 6) is -1.13. The van der Waals surface area contributed by atoms with Gasteiger partial charge in [-0.05, 0) is 44.5 Å². The summed E-state index contributed by atoms with van der Waals surface area (Å²) in [5.41, 5.74) is 1.10. The standard InChI is InChI=1S/C17H26N2O5S/c1-11-6-12(2)16(8-15(11)17(20)21)25(22,23)19(4)9-13-7-14(24-5)10-18(13)3/h6,8,13-14H,7,9-10H2,1-5H3,(H,20,21)/t13-,14-/m0/s1. The zero-order valence-corrected chi connectivity index (χ0v) is 16.1. The number of sulfonamides is 1. The maximum atomic E-state index is 13.0. The van der Waals surface area contributed by atoms with Crippen LogP contribution in [0.4, 0.5) is 0 Å². The Labute approximate surface area is 149 Å². The third-order valence-corrected chi connectivity index (χ3v) is 6.86. The average Bonchev–Trinajstić information content (AvgIpc) is 2.86. The molecule has 0 bridgehead atoms. The van der Waals surface area contributed by atoms with E-state index in [-0.39, 0.29) is 22.6 Å². The van der Waals surface area contributed by atoms with Crippen molar-refractivity contribution in [2.24, 2.45) is 0 Å². The number of likely N-dealkylation sites (N-methyl/N-ethyl adjacent to an activating group) is 2. The maximum Gasteiger partial charge on any atom is 0.335 e. The molecule has 0 spiro atoms. The Morgan fingerprint density at radius 3 is 2.52 bits per heavy atom. The molecule has 25 heavy (non-hydrogen) atoms. The molecule has 1 aliphatic rings. The number of rotatable bonds is 6. The minimum Gasteiger partial charge on any atom is -0.478 e. The lowest BCUT2D eigenvalue weighted by molar-refractivity contribution is 0.0696. The van der Waals surface area contributed by atoms with Crippen molar-refractivity contribution >= 4 is 16.0 Å². The van der Waals surface area contributed by atoms with Gasteiger partial charge in [0.25, 0.3) is 0 Å². The second-order valence-electron chi connectivity index (χ2n) is 6.71. The zero-order valence-electron chi connectivity index (χ0n) is 15.3. The Bertz CT molecular complexity index is 763. The molecule has 1 aliphatic heterocycles. The molecular formula is C17H26N2O5S. The lowest BCUT2D eigenvalue weighted by atomic mass is 10.1. The summed E-state index contributed by atoms with van der Waals surface area (Å²) in [6, 6.07) is 2.93. The number of methoxy groups -OCH3 is 1. The second kappa shape index (κ2) is 7.41. The number of likely N-dealkylation sites (tertiary alicyclic amines) is 1. The van der Waals surface area contributed by atoms with Crippen LogP contribution in [0.1, 0.15) is 27.9 Å². The highest BCUT2D eigenvalue weighted by atomic mass is 32.2. The monoisotopic (exact) mass is 370 g/mol. The molecule has 0 aliphatic carbocycles. The smallest absolute Gasteiger partial charge is 0.335 e. The first-order chi connectivity index (χ1) is 11.6. The Morgan fingerprint density at radius 2 is 2.00 bits per heavy atom. The molecule has 0 amide bonds. The summed E-state index contributed by atoms with van der Waals surface area (Å²) in [6.07, 6.45) is 0.867. The van der Waals surface area contributed by atoms with Gasteiger partial charge in [-0.25, -0.2) is 13.2 Å². The van der Waals surface area contributed by atoms with Gasteiger partial charge in [-0.1, -0.05) is 6.07 Å². The van der Waals surface area contributed by atoms with E-state index in [1.807, 2.05) is 7.05 Å². The number of nitrogens with zero attached hydrogens (tertiary/aromatic N) is 2. The van der Waals surface area contributed by atoms with Crippen molar-refractivity contribution < 1.29 is 23.1 Å². The molecule has 0 radical (unpaired) electrons. The quantitative estimate of drug-likeness (QED) is 0.813. The van der Waals surface area contributed by atoms with E-state index in [1.165, 1.54) is 17.4 Å². The molecule has 1 aromatic rings. The van der Waals surface area contributed by atoms with Crippen LogP contribution >= 0.6 is 0 Å². The topological polar surface area (TPSA) is 87.1 Å². The van der Waals surface area contributed by atoms with Gasteiger partial charge in [-0.15, -0.1) is 0 Å². The maximum absolute atomic E-state index is 13.0. The number of ether oxygens (including phenoxy) is 1. The zero-order chi connectivity index (χ0) is 18.9. The summed E-state index contributed by atoms with van der Waals surface area (Å²) in [4.78, 5) is 13.5. The van der Waals surface area contributed by atoms with Gasteiger partial charge in [0, 0.05) is 33.3 Å². The molecular weight excluding hydrogens is 344 g/mol. The summed E-state index contributed by atoms with van der Waals surface area (Å²) in [7, 11) is 1.36. The van der Waals surface area contributed by atoms with Crippen molar-refractivity contribution in [1.82, 2.24) is 9.21 Å². The Hall–Kier alpha value is -1.48. The fourth-order valence-corrected chi connectivity index (χ4v) is 4.75. The van der Waals surface area contributed by atoms with Crippen LogP contribution in [0.3, 0.4) is 0 Å². The summed E-state index contributed by atoms with van der Waals surface area (Å²) >= 11 is 0. The number of aryl methyl sites for hydroxylation is 2. The normalized spacial score (nSPS) is 21.8. The van der Waals surface area contributed by atoms with Crippen molar-refractivity contribution in [1.29, 1.82) is 0 Å². The van der Waals surface area contributed by atoms with Crippen LogP contribution in [0.2, 0.25) is 0 Å². The summed E-state index contributed by atoms with van der Waals surface area (Å²) in [5, 5.41) is 9.28. The molecule has 2 atom stereocenters. The number of carbonyl (C=O) groups is 1. The fourth-order valence-electron chi connectivity index (χ4n) is 3.32. The first-order valence-corrected chi connectivity index (χ1v) is 9.55. The van der Waals surface area contributed by atoms with Gasteiger partial charge in [0.1, 0.15) is 0 Å². The van der Waals surface area contributed by atoms with Crippen LogP contribution in [0.25, 0.3) is 0 Å². The van der Waals surface area contributed by atoms with Crippen molar-refractivity contribution in [2.75, 3.05) is 34.3 Å². The van der Waals surface area contributed by atoms with Gasteiger partial charge >= 0.3 is 5.97 Å². The third-order valence-electron chi connectivity index (χ3n) is 4.89. The first-order valence-electron chi connectivity index (χ1n) is 8.11. The van der Waals surface area contributed by atoms with Crippen LogP contribution in [0.5, 0.6) is 0 Å². The van der Waals surface area contributed by atoms with E-state index >= 15 is 0 Å². The lowest BCUT2D eigenvalue weighted by Gasteiger charge is -2.26. The van der Waals surface area contributed by atoms with Crippen molar-refractivity contribution in [3.63, 3.8) is 0 Å². The number of benzene rings is 1. The Morgan fingerprint density at radius 1 is 1.36 bits per heavy atom. The first kappa shape index (κ1) is 19.8. The molecule has 8 heteroatoms. The minimum absolute atomic E-state index is 0.00927. The van der Waals surface area contributed by atoms with Gasteiger partial charge in [0.15, 0.2) is 0 Å². The highest BCUT2D eigenvalue weighted by Gasteiger charge is 2.33. The van der Waals surface area contributed by atoms with E-state index in [9.17, 15) is 18.3 Å². The van der Waals surface area contributed by atoms with Gasteiger partial charge in [-0.3, -0.25) is 4.90 Å². The highest BCUT2D eigenvalue weighted by Crippen LogP contribution is 2.25. The van der Waals surface area contributed by atoms with E-state index in [4.69, 9.17) is 4.74 Å². The summed E-state index contributed by atoms with van der Waals surface area (Å²) in [6.45, 7) is 4.44. The van der Waals surface area contributed by atoms with Crippen LogP contribution < -0.4 is 0 Å². The predicted octanol–water partition coefficient (Wildman–Crippen LogP) is 1.34. The van der Waals surface area contributed by atoms with Crippen molar-refractivity contribution in [2.45, 2.75) is 37.3 Å². The van der Waals surface area contributed by atoms with E-state index in [2.05, 4.69) is 4.90 Å². The SMILES string of the molecule is CO[C@H]1C[C@@H](CN(C)S(=O)(=O)c2cc(C(=O)O)c(C)cc2C)N(C)C1. The number of carboxylic acids is 1. The van der Waals surface area contributed by atoms with E-state index in [1.54, 1.807) is 27.0 Å². The van der Waals surface area contributed by atoms with Gasteiger partial charge in [0.2, 0.25) is 10.0 Å². The van der Waals surface area contributed by atoms with Gasteiger partial charge < -0.3 is 9.84 Å². The molecule has 1 N–H and O–H groups in total. The molecule has 1 saturated heterocycles. The van der Waals surface area contributed by atoms with Crippen LogP contribution in [-0.4, -0.2) is 75.1 Å². The number of aromatic carboxylic acids is 1. The van der Waals surface area contributed by atoms with Crippen molar-refractivity contribution in [3.05, 3.63) is 28.8 Å². The highest BCUT2D eigenvalue weighted by molar-refractivity contribution is 7.89. The number of carboxylic acid groups (broad SMARTS) is 1. The molecule has 1 aromatic carbocycles. The average molecular weight is 370 g/mol. The van der Waals surface area contributed by atoms with Crippen LogP contribution in [0.15, 0.2) is 17.0 Å². The molecule has 7 nitrogen and oxygen atoms in total. The molecule has 1 fully saturated rings. The van der Waals surface area contributed by atoms with Gasteiger partial charge in [0.05, 0.1) is 16.6 Å². The molecule has 2 rings (SSSR count). The lowest BCUT2D eigenvalue weighted by Crippen LogP contribution is -2.39. The molecule has 0 saturated carbocycles. The van der Waals surface area contributed by atoms with Crippen LogP contribution in [-0.2, 0) is 14.8 Å². The van der Waals surface area contributed by atoms with Gasteiger partial charge in [-0.2, -0.15) is 4.31 Å². The molecule has 140 valence electrons. The predicted molar refractivity (Wildman–Crippen MR) is 94.5 cm³/mol. The minimum atomic E-state index is -3.78. The van der Waals surface area contributed by atoms with E-state index in [0.717, 1.165) is 13.0 Å². The van der Waals surface area contributed by atoms with E-state index < -0.39 is 16.0 Å². The fraction of sp³-hybridized carbons (Fsp3) is 0.588. The summed E-state index contributed by atoms with van der Waals surface area (Å²) < 4.78 is 32.6. The molecule has 1 heterocycles. The Kier molecular flexibility index (Phi) is 5.88. The number of hydrogen-bond acceptors (Lipinski definition) is 5. The van der Waals surface area contributed by atoms with E-state index in [0.29, 0.717) is 17.7 Å². The second-order valence-corrected chi connectivity index (χ2v) is 8.72. The molecule has 0 unspecified atom stereocenters. The Balaban J connectivity index is 2.29. The number of hydrogen-bond donors (Lipinski definition) is 1. The largest absolute Gasteiger partial charge is 0.478 e. The van der Waals surface area contributed by atoms with Crippen molar-refractivity contribution in [3.8, 4) is 0 Å². The molecule has 0 aromatic heterocycles. The third kappa shape index (κ3) is 4.03.